The Kier molecular flexibility index (Phi) is 3.18. The molecule has 0 aliphatic carbocycles. The number of hydrogen-bond donors (Lipinski definition) is 1. The molecule has 0 spiro atoms. The van der Waals surface area contributed by atoms with Crippen molar-refractivity contribution < 1.29 is 14.6 Å². The normalized spacial score (nSPS) is 9.67. The average Bonchev–Trinajstić information content (AvgIpc) is 2.35. The Morgan fingerprint density at radius 2 is 2.33 bits per heavy atom. The van der Waals surface area contributed by atoms with Crippen molar-refractivity contribution in [2.45, 2.75) is 6.42 Å². The molecule has 0 radical (unpaired) electrons. The first-order chi connectivity index (χ1) is 5.68. The van der Waals surface area contributed by atoms with E-state index in [1.165, 1.54) is 10.3 Å². The fourth-order valence-corrected chi connectivity index (χ4v) is 2.18. The molecule has 0 aliphatic heterocycles. The highest BCUT2D eigenvalue weighted by atomic mass is 32.9. The third-order valence-electron chi connectivity index (χ3n) is 0.967. The molecule has 0 atom stereocenters. The number of rotatable bonds is 3. The predicted octanol–water partition coefficient (Wildman–Crippen LogP) is 0.802. The zero-order valence-electron chi connectivity index (χ0n) is 5.85. The molecule has 66 valence electrons. The molecule has 5 nitrogen and oxygen atoms in total. The van der Waals surface area contributed by atoms with Gasteiger partial charge in [-0.1, -0.05) is 10.3 Å². The van der Waals surface area contributed by atoms with Crippen LogP contribution in [0, 0.1) is 0 Å². The van der Waals surface area contributed by atoms with Gasteiger partial charge in [-0.25, -0.2) is 4.79 Å². The zero-order chi connectivity index (χ0) is 8.97. The molecule has 1 heterocycles. The predicted molar refractivity (Wildman–Crippen MR) is 43.9 cm³/mol. The van der Waals surface area contributed by atoms with Gasteiger partial charge >= 0.3 is 11.0 Å². The van der Waals surface area contributed by atoms with Crippen LogP contribution in [0.3, 0.4) is 0 Å². The number of aromatic nitrogens is 1. The molecule has 1 aromatic rings. The van der Waals surface area contributed by atoms with Gasteiger partial charge in [0.25, 0.3) is 0 Å². The summed E-state index contributed by atoms with van der Waals surface area (Å²) in [6.45, 7) is 0.0506. The Morgan fingerprint density at radius 1 is 1.58 bits per heavy atom. The molecule has 0 amide bonds. The van der Waals surface area contributed by atoms with E-state index < -0.39 is 6.16 Å². The average molecular weight is 207 g/mol. The fourth-order valence-electron chi connectivity index (χ4n) is 0.546. The van der Waals surface area contributed by atoms with Gasteiger partial charge in [0.05, 0.1) is 0 Å². The van der Waals surface area contributed by atoms with E-state index in [0.29, 0.717) is 11.4 Å². The van der Waals surface area contributed by atoms with E-state index in [0.717, 1.165) is 10.3 Å². The van der Waals surface area contributed by atoms with Crippen molar-refractivity contribution >= 4 is 26.8 Å². The van der Waals surface area contributed by atoms with Gasteiger partial charge in [0.15, 0.2) is 0 Å². The van der Waals surface area contributed by atoms with Crippen molar-refractivity contribution in [3.05, 3.63) is 14.7 Å². The van der Waals surface area contributed by atoms with E-state index in [9.17, 15) is 9.59 Å². The third kappa shape index (κ3) is 2.97. The molecule has 1 aromatic heterocycles. The topological polar surface area (TPSA) is 76.5 Å². The maximum absolute atomic E-state index is 10.5. The standard InChI is InChI=1S/C5H5NO4S2/c7-4-6-3(11-12-4)1-2-10-5(8)9/h1-2H2,(H,8,9). The molecule has 1 rings (SSSR count). The van der Waals surface area contributed by atoms with E-state index >= 15 is 0 Å². The van der Waals surface area contributed by atoms with Crippen LogP contribution >= 0.6 is 20.7 Å². The van der Waals surface area contributed by atoms with E-state index in [4.69, 9.17) is 5.11 Å². The largest absolute Gasteiger partial charge is 0.505 e. The van der Waals surface area contributed by atoms with Gasteiger partial charge in [0.2, 0.25) is 0 Å². The number of carboxylic acid groups (broad SMARTS) is 1. The summed E-state index contributed by atoms with van der Waals surface area (Å²) >= 11 is 0. The first kappa shape index (κ1) is 9.14. The van der Waals surface area contributed by atoms with Crippen LogP contribution in [0.1, 0.15) is 5.01 Å². The second-order valence-corrected chi connectivity index (χ2v) is 3.96. The number of nitrogens with zero attached hydrogens (tertiary/aromatic N) is 1. The van der Waals surface area contributed by atoms with Crippen molar-refractivity contribution in [2.75, 3.05) is 6.61 Å². The third-order valence-corrected chi connectivity index (χ3v) is 3.03. The lowest BCUT2D eigenvalue weighted by Gasteiger charge is -1.95. The zero-order valence-corrected chi connectivity index (χ0v) is 7.48. The lowest BCUT2D eigenvalue weighted by molar-refractivity contribution is 0.0927. The summed E-state index contributed by atoms with van der Waals surface area (Å²) in [7, 11) is 2.28. The van der Waals surface area contributed by atoms with Gasteiger partial charge in [0, 0.05) is 6.42 Å². The van der Waals surface area contributed by atoms with E-state index in [1.54, 1.807) is 0 Å². The molecule has 0 saturated carbocycles. The molecule has 7 heteroatoms. The number of ether oxygens (including phenoxy) is 1. The fraction of sp³-hybridized carbons (Fsp3) is 0.400. The summed E-state index contributed by atoms with van der Waals surface area (Å²) in [5.41, 5.74) is 0. The lowest BCUT2D eigenvalue weighted by atomic mass is 10.5. The van der Waals surface area contributed by atoms with Crippen molar-refractivity contribution in [1.82, 2.24) is 4.98 Å². The Labute approximate surface area is 74.6 Å². The van der Waals surface area contributed by atoms with Crippen LogP contribution in [-0.2, 0) is 11.2 Å². The molecule has 0 aromatic carbocycles. The van der Waals surface area contributed by atoms with Crippen molar-refractivity contribution in [1.29, 1.82) is 0 Å². The highest BCUT2D eigenvalue weighted by molar-refractivity contribution is 7.68. The molecular formula is C5H5NO4S2. The maximum Gasteiger partial charge on any atom is 0.505 e. The maximum atomic E-state index is 10.5. The Balaban J connectivity index is 2.33. The van der Waals surface area contributed by atoms with Gasteiger partial charge in [-0.05, 0) is 10.3 Å². The molecule has 1 N–H and O–H groups in total. The summed E-state index contributed by atoms with van der Waals surface area (Å²) in [4.78, 5) is 23.8. The van der Waals surface area contributed by atoms with Crippen LogP contribution < -0.4 is 4.87 Å². The van der Waals surface area contributed by atoms with Crippen LogP contribution in [0.4, 0.5) is 4.79 Å². The van der Waals surface area contributed by atoms with Gasteiger partial charge in [-0.15, -0.1) is 0 Å². The van der Waals surface area contributed by atoms with Gasteiger partial charge in [0.1, 0.15) is 11.6 Å². The minimum atomic E-state index is -1.31. The molecule has 0 saturated heterocycles. The molecule has 12 heavy (non-hydrogen) atoms. The summed E-state index contributed by atoms with van der Waals surface area (Å²) in [5, 5.41) is 8.72. The quantitative estimate of drug-likeness (QED) is 0.586. The van der Waals surface area contributed by atoms with Gasteiger partial charge in [-0.3, -0.25) is 4.79 Å². The Bertz CT molecular complexity index is 317. The molecule has 0 fully saturated rings. The van der Waals surface area contributed by atoms with Crippen LogP contribution in [0.15, 0.2) is 4.79 Å². The molecule has 0 aliphatic rings. The van der Waals surface area contributed by atoms with Crippen molar-refractivity contribution in [2.24, 2.45) is 0 Å². The smallest absolute Gasteiger partial charge is 0.450 e. The van der Waals surface area contributed by atoms with E-state index in [2.05, 4.69) is 9.72 Å². The molecule has 0 bridgehead atoms. The summed E-state index contributed by atoms with van der Waals surface area (Å²) in [6.07, 6.45) is -0.937. The summed E-state index contributed by atoms with van der Waals surface area (Å²) < 4.78 is 4.24. The SMILES string of the molecule is O=C(O)OCCc1nc(=O)ss1. The van der Waals surface area contributed by atoms with Crippen LogP contribution in [0.25, 0.3) is 0 Å². The number of hydrogen-bond acceptors (Lipinski definition) is 6. The first-order valence-corrected chi connectivity index (χ1v) is 5.15. The lowest BCUT2D eigenvalue weighted by Crippen LogP contribution is -2.05. The van der Waals surface area contributed by atoms with Crippen molar-refractivity contribution in [3.63, 3.8) is 0 Å². The van der Waals surface area contributed by atoms with E-state index in [1.807, 2.05) is 0 Å². The minimum Gasteiger partial charge on any atom is -0.450 e. The Hall–Kier alpha value is -0.950. The summed E-state index contributed by atoms with van der Waals surface area (Å²) in [5.74, 6) is 0. The van der Waals surface area contributed by atoms with Gasteiger partial charge in [-0.2, -0.15) is 4.98 Å². The van der Waals surface area contributed by atoms with Crippen LogP contribution in [-0.4, -0.2) is 22.9 Å². The van der Waals surface area contributed by atoms with Crippen molar-refractivity contribution in [3.8, 4) is 0 Å². The highest BCUT2D eigenvalue weighted by Crippen LogP contribution is 2.06. The van der Waals surface area contributed by atoms with Crippen LogP contribution in [0.5, 0.6) is 0 Å². The van der Waals surface area contributed by atoms with Crippen LogP contribution in [0.2, 0.25) is 0 Å². The molecular weight excluding hydrogens is 202 g/mol. The van der Waals surface area contributed by atoms with E-state index in [-0.39, 0.29) is 11.5 Å². The second-order valence-electron chi connectivity index (χ2n) is 1.80. The minimum absolute atomic E-state index is 0.0506. The number of carbonyl (C=O) groups is 1. The second kappa shape index (κ2) is 4.17. The highest BCUT2D eigenvalue weighted by Gasteiger charge is 2.01. The summed E-state index contributed by atoms with van der Waals surface area (Å²) in [6, 6.07) is 0. The monoisotopic (exact) mass is 207 g/mol. The first-order valence-electron chi connectivity index (χ1n) is 3.00. The van der Waals surface area contributed by atoms with Gasteiger partial charge < -0.3 is 9.84 Å². The molecule has 0 unspecified atom stereocenters. The Morgan fingerprint density at radius 3 is 2.83 bits per heavy atom.